The predicted octanol–water partition coefficient (Wildman–Crippen LogP) is 2.99. The molecule has 0 amide bonds. The summed E-state index contributed by atoms with van der Waals surface area (Å²) in [6.45, 7) is 4.25. The fraction of sp³-hybridized carbons (Fsp3) is 0.500. The topological polar surface area (TPSA) is 23.5 Å². The Morgan fingerprint density at radius 1 is 1.00 bits per heavy atom. The normalized spacial score (nSPS) is 8.14. The molecule has 0 unspecified atom stereocenters. The first kappa shape index (κ1) is 15.5. The summed E-state index contributed by atoms with van der Waals surface area (Å²) in [7, 11) is 6.00. The molecule has 0 aliphatic heterocycles. The minimum Gasteiger partial charge on any atom is -0.508 e. The van der Waals surface area contributed by atoms with Crippen LogP contribution in [-0.4, -0.2) is 31.1 Å². The van der Waals surface area contributed by atoms with Crippen molar-refractivity contribution in [3.8, 4) is 5.75 Å². The van der Waals surface area contributed by atoms with E-state index in [1.807, 2.05) is 32.1 Å². The number of phenolic OH excluding ortho intramolecular Hbond substituents is 1. The van der Waals surface area contributed by atoms with Gasteiger partial charge in [0.15, 0.2) is 0 Å². The van der Waals surface area contributed by atoms with Gasteiger partial charge in [0, 0.05) is 0 Å². The van der Waals surface area contributed by atoms with Crippen molar-refractivity contribution in [3.63, 3.8) is 0 Å². The molecule has 0 aliphatic rings. The van der Waals surface area contributed by atoms with E-state index in [-0.39, 0.29) is 0 Å². The number of nitrogens with zero attached hydrogens (tertiary/aromatic N) is 1. The van der Waals surface area contributed by atoms with Crippen LogP contribution >= 0.6 is 0 Å². The van der Waals surface area contributed by atoms with Crippen molar-refractivity contribution in [1.29, 1.82) is 0 Å². The van der Waals surface area contributed by atoms with Crippen LogP contribution in [0.2, 0.25) is 0 Å². The second-order valence-corrected chi connectivity index (χ2v) is 3.38. The van der Waals surface area contributed by atoms with E-state index in [0.29, 0.717) is 5.75 Å². The SMILES string of the molecule is CCC.CN(C)C.Oc1ccccc1. The van der Waals surface area contributed by atoms with E-state index in [2.05, 4.69) is 13.8 Å². The number of hydrogen-bond acceptors (Lipinski definition) is 2. The molecule has 1 N–H and O–H groups in total. The van der Waals surface area contributed by atoms with Gasteiger partial charge < -0.3 is 10.0 Å². The highest BCUT2D eigenvalue weighted by atomic mass is 16.3. The summed E-state index contributed by atoms with van der Waals surface area (Å²) < 4.78 is 0. The molecule has 0 heterocycles. The van der Waals surface area contributed by atoms with Crippen LogP contribution in [0.3, 0.4) is 0 Å². The van der Waals surface area contributed by atoms with Gasteiger partial charge in [0.25, 0.3) is 0 Å². The van der Waals surface area contributed by atoms with Crippen molar-refractivity contribution in [2.75, 3.05) is 21.1 Å². The largest absolute Gasteiger partial charge is 0.508 e. The zero-order valence-corrected chi connectivity index (χ0v) is 9.99. The Morgan fingerprint density at radius 2 is 1.29 bits per heavy atom. The van der Waals surface area contributed by atoms with Gasteiger partial charge in [0.1, 0.15) is 5.75 Å². The summed E-state index contributed by atoms with van der Waals surface area (Å²) >= 11 is 0. The maximum absolute atomic E-state index is 8.63. The zero-order valence-electron chi connectivity index (χ0n) is 9.99. The molecule has 0 aliphatic carbocycles. The van der Waals surface area contributed by atoms with E-state index in [9.17, 15) is 0 Å². The number of aromatic hydroxyl groups is 1. The van der Waals surface area contributed by atoms with Crippen molar-refractivity contribution >= 4 is 0 Å². The third-order valence-corrected chi connectivity index (χ3v) is 0.756. The number of para-hydroxylation sites is 1. The van der Waals surface area contributed by atoms with Crippen molar-refractivity contribution in [3.05, 3.63) is 30.3 Å². The first-order valence-corrected chi connectivity index (χ1v) is 4.89. The monoisotopic (exact) mass is 197 g/mol. The molecule has 0 saturated carbocycles. The molecule has 2 heteroatoms. The molecule has 14 heavy (non-hydrogen) atoms. The van der Waals surface area contributed by atoms with Gasteiger partial charge in [-0.3, -0.25) is 0 Å². The van der Waals surface area contributed by atoms with Crippen LogP contribution in [0.1, 0.15) is 20.3 Å². The summed E-state index contributed by atoms with van der Waals surface area (Å²) in [4.78, 5) is 2.00. The molecule has 0 spiro atoms. The lowest BCUT2D eigenvalue weighted by molar-refractivity contribution is 0.475. The van der Waals surface area contributed by atoms with Gasteiger partial charge in [-0.15, -0.1) is 0 Å². The van der Waals surface area contributed by atoms with Crippen LogP contribution in [0.25, 0.3) is 0 Å². The summed E-state index contributed by atoms with van der Waals surface area (Å²) in [6.07, 6.45) is 1.25. The number of rotatable bonds is 0. The Hall–Kier alpha value is -1.02. The molecule has 1 rings (SSSR count). The van der Waals surface area contributed by atoms with E-state index < -0.39 is 0 Å². The second kappa shape index (κ2) is 12.0. The molecule has 0 bridgehead atoms. The molecule has 1 aromatic carbocycles. The first-order valence-electron chi connectivity index (χ1n) is 4.89. The lowest BCUT2D eigenvalue weighted by Gasteiger charge is -1.90. The van der Waals surface area contributed by atoms with Crippen molar-refractivity contribution in [1.82, 2.24) is 4.90 Å². The molecule has 82 valence electrons. The third-order valence-electron chi connectivity index (χ3n) is 0.756. The first-order chi connectivity index (χ1) is 6.54. The smallest absolute Gasteiger partial charge is 0.115 e. The number of benzene rings is 1. The Kier molecular flexibility index (Phi) is 13.2. The summed E-state index contributed by atoms with van der Waals surface area (Å²) in [5.74, 6) is 0.322. The second-order valence-electron chi connectivity index (χ2n) is 3.38. The number of phenols is 1. The molecule has 0 aromatic heterocycles. The van der Waals surface area contributed by atoms with Gasteiger partial charge in [-0.1, -0.05) is 38.5 Å². The molecule has 2 nitrogen and oxygen atoms in total. The molecule has 0 radical (unpaired) electrons. The standard InChI is InChI=1S/C6H6O.C3H9N.C3H8/c7-6-4-2-1-3-5-6;1-4(2)3;1-3-2/h1-5,7H;1-3H3;3H2,1-2H3. The zero-order chi connectivity index (χ0) is 11.4. The lowest BCUT2D eigenvalue weighted by Crippen LogP contribution is -1.99. The Morgan fingerprint density at radius 3 is 1.43 bits per heavy atom. The predicted molar refractivity (Wildman–Crippen MR) is 63.7 cm³/mol. The number of hydrogen-bond donors (Lipinski definition) is 1. The molecule has 0 saturated heterocycles. The minimum absolute atomic E-state index is 0.322. The van der Waals surface area contributed by atoms with E-state index in [4.69, 9.17) is 5.11 Å². The van der Waals surface area contributed by atoms with Gasteiger partial charge in [0.2, 0.25) is 0 Å². The molecular formula is C12H23NO. The summed E-state index contributed by atoms with van der Waals surface area (Å²) in [6, 6.07) is 8.71. The van der Waals surface area contributed by atoms with E-state index in [1.165, 1.54) is 6.42 Å². The van der Waals surface area contributed by atoms with Crippen LogP contribution in [0.15, 0.2) is 30.3 Å². The van der Waals surface area contributed by atoms with Crippen molar-refractivity contribution in [2.24, 2.45) is 0 Å². The summed E-state index contributed by atoms with van der Waals surface area (Å²) in [5, 5.41) is 8.63. The van der Waals surface area contributed by atoms with Crippen LogP contribution < -0.4 is 0 Å². The van der Waals surface area contributed by atoms with Crippen molar-refractivity contribution in [2.45, 2.75) is 20.3 Å². The molecule has 0 atom stereocenters. The maximum atomic E-state index is 8.63. The van der Waals surface area contributed by atoms with Crippen LogP contribution in [0.5, 0.6) is 5.75 Å². The Bertz CT molecular complexity index is 182. The quantitative estimate of drug-likeness (QED) is 0.691. The lowest BCUT2D eigenvalue weighted by atomic mass is 10.3. The fourth-order valence-corrected chi connectivity index (χ4v) is 0.428. The van der Waals surface area contributed by atoms with Gasteiger partial charge in [0.05, 0.1) is 0 Å². The fourth-order valence-electron chi connectivity index (χ4n) is 0.428. The Labute approximate surface area is 88.2 Å². The van der Waals surface area contributed by atoms with Crippen LogP contribution in [0.4, 0.5) is 0 Å². The highest BCUT2D eigenvalue weighted by Gasteiger charge is 1.74. The van der Waals surface area contributed by atoms with E-state index >= 15 is 0 Å². The Balaban J connectivity index is 0. The summed E-state index contributed by atoms with van der Waals surface area (Å²) in [5.41, 5.74) is 0. The highest BCUT2D eigenvalue weighted by molar-refractivity contribution is 5.18. The average molecular weight is 197 g/mol. The third kappa shape index (κ3) is 22.4. The highest BCUT2D eigenvalue weighted by Crippen LogP contribution is 2.02. The van der Waals surface area contributed by atoms with Crippen LogP contribution in [0, 0.1) is 0 Å². The van der Waals surface area contributed by atoms with Gasteiger partial charge in [-0.2, -0.15) is 0 Å². The van der Waals surface area contributed by atoms with Gasteiger partial charge in [-0.25, -0.2) is 0 Å². The minimum atomic E-state index is 0.322. The van der Waals surface area contributed by atoms with E-state index in [1.54, 1.807) is 24.3 Å². The molecular weight excluding hydrogens is 174 g/mol. The molecule has 1 aromatic rings. The van der Waals surface area contributed by atoms with Gasteiger partial charge >= 0.3 is 0 Å². The maximum Gasteiger partial charge on any atom is 0.115 e. The van der Waals surface area contributed by atoms with E-state index in [0.717, 1.165) is 0 Å². The van der Waals surface area contributed by atoms with Gasteiger partial charge in [-0.05, 0) is 33.3 Å². The molecule has 0 fully saturated rings. The van der Waals surface area contributed by atoms with Crippen molar-refractivity contribution < 1.29 is 5.11 Å². The average Bonchev–Trinajstić information content (AvgIpc) is 2.05. The van der Waals surface area contributed by atoms with Crippen LogP contribution in [-0.2, 0) is 0 Å².